The highest BCUT2D eigenvalue weighted by Gasteiger charge is 1.98. The topological polar surface area (TPSA) is 68.5 Å². The Hall–Kier alpha value is -1.50. The zero-order valence-corrected chi connectivity index (χ0v) is 8.53. The number of nitrogens with one attached hydrogen (secondary N) is 1. The fourth-order valence-corrected chi connectivity index (χ4v) is 1.61. The SMILES string of the molecule is Cc1nnc(NCCn2cncn2)s1. The molecule has 0 aliphatic heterocycles. The summed E-state index contributed by atoms with van der Waals surface area (Å²) in [4.78, 5) is 3.85. The fourth-order valence-electron chi connectivity index (χ4n) is 0.994. The van der Waals surface area contributed by atoms with Gasteiger partial charge in [0.1, 0.15) is 17.7 Å². The van der Waals surface area contributed by atoms with Gasteiger partial charge in [-0.25, -0.2) is 4.98 Å². The lowest BCUT2D eigenvalue weighted by atomic mass is 10.6. The van der Waals surface area contributed by atoms with E-state index in [-0.39, 0.29) is 0 Å². The summed E-state index contributed by atoms with van der Waals surface area (Å²) in [6.07, 6.45) is 3.21. The van der Waals surface area contributed by atoms with Gasteiger partial charge in [-0.2, -0.15) is 5.10 Å². The molecule has 0 aliphatic rings. The first kappa shape index (κ1) is 9.07. The monoisotopic (exact) mass is 210 g/mol. The molecule has 6 nitrogen and oxygen atoms in total. The Morgan fingerprint density at radius 1 is 1.50 bits per heavy atom. The van der Waals surface area contributed by atoms with Crippen molar-refractivity contribution in [2.45, 2.75) is 13.5 Å². The van der Waals surface area contributed by atoms with Gasteiger partial charge in [-0.3, -0.25) is 4.68 Å². The summed E-state index contributed by atoms with van der Waals surface area (Å²) in [6.45, 7) is 3.48. The molecule has 0 amide bonds. The first-order chi connectivity index (χ1) is 6.84. The molecule has 1 N–H and O–H groups in total. The Morgan fingerprint density at radius 2 is 2.43 bits per heavy atom. The molecule has 2 rings (SSSR count). The lowest BCUT2D eigenvalue weighted by Crippen LogP contribution is -2.10. The molecule has 2 aromatic rings. The van der Waals surface area contributed by atoms with Gasteiger partial charge in [0.05, 0.1) is 6.54 Å². The van der Waals surface area contributed by atoms with Gasteiger partial charge in [0.15, 0.2) is 0 Å². The summed E-state index contributed by atoms with van der Waals surface area (Å²) < 4.78 is 1.76. The van der Waals surface area contributed by atoms with E-state index in [1.807, 2.05) is 6.92 Å². The molecule has 0 saturated carbocycles. The Kier molecular flexibility index (Phi) is 2.68. The lowest BCUT2D eigenvalue weighted by Gasteiger charge is -2.00. The molecule has 2 aromatic heterocycles. The van der Waals surface area contributed by atoms with E-state index >= 15 is 0 Å². The van der Waals surface area contributed by atoms with Crippen molar-refractivity contribution in [3.63, 3.8) is 0 Å². The Balaban J connectivity index is 1.78. The number of aryl methyl sites for hydroxylation is 1. The molecule has 0 bridgehead atoms. The van der Waals surface area contributed by atoms with Crippen molar-refractivity contribution >= 4 is 16.5 Å². The quantitative estimate of drug-likeness (QED) is 0.798. The van der Waals surface area contributed by atoms with E-state index < -0.39 is 0 Å². The predicted molar refractivity (Wildman–Crippen MR) is 53.2 cm³/mol. The molecule has 0 radical (unpaired) electrons. The molecule has 0 unspecified atom stereocenters. The summed E-state index contributed by atoms with van der Waals surface area (Å²) in [5, 5.41) is 16.8. The highest BCUT2D eigenvalue weighted by molar-refractivity contribution is 7.15. The highest BCUT2D eigenvalue weighted by atomic mass is 32.1. The molecule has 2 heterocycles. The summed E-state index contributed by atoms with van der Waals surface area (Å²) in [5.74, 6) is 0. The van der Waals surface area contributed by atoms with Crippen molar-refractivity contribution in [1.29, 1.82) is 0 Å². The van der Waals surface area contributed by atoms with Gasteiger partial charge in [0, 0.05) is 6.54 Å². The molecule has 7 heteroatoms. The maximum absolute atomic E-state index is 3.99. The second-order valence-corrected chi connectivity index (χ2v) is 3.89. The van der Waals surface area contributed by atoms with Crippen molar-refractivity contribution in [2.75, 3.05) is 11.9 Å². The third-order valence-corrected chi connectivity index (χ3v) is 2.41. The highest BCUT2D eigenvalue weighted by Crippen LogP contribution is 2.12. The van der Waals surface area contributed by atoms with E-state index in [1.165, 1.54) is 6.33 Å². The van der Waals surface area contributed by atoms with E-state index in [2.05, 4.69) is 25.6 Å². The van der Waals surface area contributed by atoms with Crippen LogP contribution in [0.4, 0.5) is 5.13 Å². The van der Waals surface area contributed by atoms with Crippen LogP contribution in [-0.2, 0) is 6.54 Å². The minimum Gasteiger partial charge on any atom is -0.358 e. The van der Waals surface area contributed by atoms with Crippen molar-refractivity contribution < 1.29 is 0 Å². The third kappa shape index (κ3) is 2.25. The molecule has 0 spiro atoms. The zero-order chi connectivity index (χ0) is 9.80. The van der Waals surface area contributed by atoms with Gasteiger partial charge >= 0.3 is 0 Å². The largest absolute Gasteiger partial charge is 0.358 e. The molecular weight excluding hydrogens is 200 g/mol. The van der Waals surface area contributed by atoms with Crippen LogP contribution in [0.15, 0.2) is 12.7 Å². The summed E-state index contributed by atoms with van der Waals surface area (Å²) in [7, 11) is 0. The normalized spacial score (nSPS) is 10.4. The fraction of sp³-hybridized carbons (Fsp3) is 0.429. The number of hydrogen-bond donors (Lipinski definition) is 1. The number of rotatable bonds is 4. The van der Waals surface area contributed by atoms with Crippen LogP contribution in [0, 0.1) is 6.92 Å². The first-order valence-electron chi connectivity index (χ1n) is 4.21. The summed E-state index contributed by atoms with van der Waals surface area (Å²) in [6, 6.07) is 0. The molecule has 0 atom stereocenters. The Morgan fingerprint density at radius 3 is 3.07 bits per heavy atom. The van der Waals surface area contributed by atoms with E-state index in [1.54, 1.807) is 22.3 Å². The van der Waals surface area contributed by atoms with Crippen LogP contribution in [-0.4, -0.2) is 31.5 Å². The van der Waals surface area contributed by atoms with E-state index in [4.69, 9.17) is 0 Å². The molecule has 0 fully saturated rings. The van der Waals surface area contributed by atoms with Gasteiger partial charge in [-0.1, -0.05) is 11.3 Å². The van der Waals surface area contributed by atoms with Crippen LogP contribution in [0.2, 0.25) is 0 Å². The lowest BCUT2D eigenvalue weighted by molar-refractivity contribution is 0.635. The van der Waals surface area contributed by atoms with Gasteiger partial charge in [0.25, 0.3) is 0 Å². The van der Waals surface area contributed by atoms with Crippen molar-refractivity contribution in [1.82, 2.24) is 25.0 Å². The minimum absolute atomic E-state index is 0.776. The van der Waals surface area contributed by atoms with Crippen LogP contribution < -0.4 is 5.32 Å². The van der Waals surface area contributed by atoms with Crippen LogP contribution in [0.5, 0.6) is 0 Å². The Labute approximate surface area is 85.0 Å². The smallest absolute Gasteiger partial charge is 0.205 e. The summed E-state index contributed by atoms with van der Waals surface area (Å²) in [5.41, 5.74) is 0. The standard InChI is InChI=1S/C7H10N6S/c1-6-11-12-7(14-6)9-2-3-13-5-8-4-10-13/h4-5H,2-3H2,1H3,(H,9,12). The maximum atomic E-state index is 3.99. The second-order valence-electron chi connectivity index (χ2n) is 2.71. The first-order valence-corrected chi connectivity index (χ1v) is 5.02. The molecule has 0 aromatic carbocycles. The number of aromatic nitrogens is 5. The van der Waals surface area contributed by atoms with Crippen molar-refractivity contribution in [2.24, 2.45) is 0 Å². The average Bonchev–Trinajstić information content (AvgIpc) is 2.77. The van der Waals surface area contributed by atoms with Gasteiger partial charge in [0.2, 0.25) is 5.13 Å². The van der Waals surface area contributed by atoms with E-state index in [0.29, 0.717) is 0 Å². The van der Waals surface area contributed by atoms with Gasteiger partial charge < -0.3 is 5.32 Å². The third-order valence-electron chi connectivity index (χ3n) is 1.61. The van der Waals surface area contributed by atoms with Gasteiger partial charge in [-0.05, 0) is 6.92 Å². The van der Waals surface area contributed by atoms with Crippen LogP contribution in [0.1, 0.15) is 5.01 Å². The van der Waals surface area contributed by atoms with Crippen LogP contribution in [0.25, 0.3) is 0 Å². The molecular formula is C7H10N6S. The summed E-state index contributed by atoms with van der Waals surface area (Å²) >= 11 is 1.55. The van der Waals surface area contributed by atoms with Crippen molar-refractivity contribution in [3.8, 4) is 0 Å². The molecule has 0 aliphatic carbocycles. The molecule has 0 saturated heterocycles. The van der Waals surface area contributed by atoms with Crippen molar-refractivity contribution in [3.05, 3.63) is 17.7 Å². The minimum atomic E-state index is 0.776. The number of hydrogen-bond acceptors (Lipinski definition) is 6. The molecule has 74 valence electrons. The number of anilines is 1. The predicted octanol–water partition coefficient (Wildman–Crippen LogP) is 0.550. The number of nitrogens with zero attached hydrogens (tertiary/aromatic N) is 5. The zero-order valence-electron chi connectivity index (χ0n) is 7.71. The average molecular weight is 210 g/mol. The maximum Gasteiger partial charge on any atom is 0.205 e. The molecule has 14 heavy (non-hydrogen) atoms. The van der Waals surface area contributed by atoms with Crippen LogP contribution >= 0.6 is 11.3 Å². The Bertz CT molecular complexity index is 381. The van der Waals surface area contributed by atoms with E-state index in [0.717, 1.165) is 23.2 Å². The second kappa shape index (κ2) is 4.14. The van der Waals surface area contributed by atoms with Gasteiger partial charge in [-0.15, -0.1) is 10.2 Å². The van der Waals surface area contributed by atoms with Crippen LogP contribution in [0.3, 0.4) is 0 Å². The van der Waals surface area contributed by atoms with E-state index in [9.17, 15) is 0 Å².